The van der Waals surface area contributed by atoms with E-state index in [4.69, 9.17) is 9.97 Å². The summed E-state index contributed by atoms with van der Waals surface area (Å²) < 4.78 is 2.16. The van der Waals surface area contributed by atoms with Gasteiger partial charge in [0.25, 0.3) is 0 Å². The highest BCUT2D eigenvalue weighted by molar-refractivity contribution is 6.09. The molecule has 3 nitrogen and oxygen atoms in total. The van der Waals surface area contributed by atoms with E-state index >= 15 is 0 Å². The highest BCUT2D eigenvalue weighted by Crippen LogP contribution is 2.31. The Morgan fingerprint density at radius 3 is 1.83 bits per heavy atom. The molecule has 0 aliphatic heterocycles. The average Bonchev–Trinajstić information content (AvgIpc) is 2.96. The Balaban J connectivity index is 1.95. The molecule has 5 aromatic rings. The third-order valence-corrected chi connectivity index (χ3v) is 4.56. The SMILES string of the molecule is Cc1nc(-n2c3ccccc3c3ccccc32)nc2ccccc12. The second-order valence-electron chi connectivity index (χ2n) is 6.00. The van der Waals surface area contributed by atoms with E-state index in [0.29, 0.717) is 0 Å². The highest BCUT2D eigenvalue weighted by Gasteiger charge is 2.14. The van der Waals surface area contributed by atoms with Crippen LogP contribution in [0, 0.1) is 6.92 Å². The van der Waals surface area contributed by atoms with Gasteiger partial charge in [-0.3, -0.25) is 4.57 Å². The monoisotopic (exact) mass is 309 g/mol. The Kier molecular flexibility index (Phi) is 2.71. The van der Waals surface area contributed by atoms with Gasteiger partial charge in [-0.2, -0.15) is 0 Å². The molecule has 0 aliphatic rings. The van der Waals surface area contributed by atoms with Gasteiger partial charge in [0.2, 0.25) is 5.95 Å². The minimum absolute atomic E-state index is 0.726. The van der Waals surface area contributed by atoms with Gasteiger partial charge in [-0.25, -0.2) is 9.97 Å². The molecule has 0 atom stereocenters. The number of nitrogens with zero attached hydrogens (tertiary/aromatic N) is 3. The molecule has 2 aromatic heterocycles. The lowest BCUT2D eigenvalue weighted by atomic mass is 10.2. The fourth-order valence-corrected chi connectivity index (χ4v) is 3.46. The first-order valence-corrected chi connectivity index (χ1v) is 8.05. The van der Waals surface area contributed by atoms with Crippen molar-refractivity contribution in [1.82, 2.24) is 14.5 Å². The smallest absolute Gasteiger partial charge is 0.235 e. The third kappa shape index (κ3) is 1.78. The predicted octanol–water partition coefficient (Wildman–Crippen LogP) is 5.04. The van der Waals surface area contributed by atoms with Gasteiger partial charge in [-0.05, 0) is 25.1 Å². The quantitative estimate of drug-likeness (QED) is 0.434. The van der Waals surface area contributed by atoms with Crippen LogP contribution in [-0.2, 0) is 0 Å². The maximum absolute atomic E-state index is 4.83. The van der Waals surface area contributed by atoms with E-state index in [1.807, 2.05) is 25.1 Å². The van der Waals surface area contributed by atoms with E-state index in [1.54, 1.807) is 0 Å². The fraction of sp³-hybridized carbons (Fsp3) is 0.0476. The van der Waals surface area contributed by atoms with E-state index in [2.05, 4.69) is 59.2 Å². The van der Waals surface area contributed by atoms with E-state index in [9.17, 15) is 0 Å². The van der Waals surface area contributed by atoms with Gasteiger partial charge in [-0.1, -0.05) is 54.6 Å². The summed E-state index contributed by atoms with van der Waals surface area (Å²) in [5.74, 6) is 0.726. The van der Waals surface area contributed by atoms with Gasteiger partial charge in [0.15, 0.2) is 0 Å². The van der Waals surface area contributed by atoms with Crippen LogP contribution in [0.25, 0.3) is 38.7 Å². The molecule has 0 amide bonds. The van der Waals surface area contributed by atoms with Crippen molar-refractivity contribution in [2.24, 2.45) is 0 Å². The first-order valence-electron chi connectivity index (χ1n) is 8.05. The zero-order valence-corrected chi connectivity index (χ0v) is 13.3. The van der Waals surface area contributed by atoms with Gasteiger partial charge in [0.1, 0.15) is 0 Å². The largest absolute Gasteiger partial charge is 0.278 e. The molecule has 0 aliphatic carbocycles. The Morgan fingerprint density at radius 1 is 0.625 bits per heavy atom. The number of para-hydroxylation sites is 3. The van der Waals surface area contributed by atoms with Crippen LogP contribution in [0.2, 0.25) is 0 Å². The average molecular weight is 309 g/mol. The third-order valence-electron chi connectivity index (χ3n) is 4.56. The lowest BCUT2D eigenvalue weighted by Crippen LogP contribution is -2.03. The van der Waals surface area contributed by atoms with E-state index in [-0.39, 0.29) is 0 Å². The lowest BCUT2D eigenvalue weighted by molar-refractivity contribution is 0.989. The molecule has 114 valence electrons. The van der Waals surface area contributed by atoms with Gasteiger partial charge in [-0.15, -0.1) is 0 Å². The molecule has 0 bridgehead atoms. The van der Waals surface area contributed by atoms with Crippen LogP contribution in [-0.4, -0.2) is 14.5 Å². The molecule has 0 N–H and O–H groups in total. The zero-order chi connectivity index (χ0) is 16.1. The number of hydrogen-bond acceptors (Lipinski definition) is 2. The molecule has 2 heterocycles. The summed E-state index contributed by atoms with van der Waals surface area (Å²) in [5.41, 5.74) is 4.24. The van der Waals surface area contributed by atoms with Crippen molar-refractivity contribution in [1.29, 1.82) is 0 Å². The molecule has 0 radical (unpaired) electrons. The van der Waals surface area contributed by atoms with E-state index in [0.717, 1.165) is 33.6 Å². The van der Waals surface area contributed by atoms with E-state index < -0.39 is 0 Å². The van der Waals surface area contributed by atoms with Crippen molar-refractivity contribution in [3.05, 3.63) is 78.5 Å². The lowest BCUT2D eigenvalue weighted by Gasteiger charge is -2.09. The number of fused-ring (bicyclic) bond motifs is 4. The maximum Gasteiger partial charge on any atom is 0.235 e. The van der Waals surface area contributed by atoms with Crippen molar-refractivity contribution >= 4 is 32.7 Å². The zero-order valence-electron chi connectivity index (χ0n) is 13.3. The minimum atomic E-state index is 0.726. The fourth-order valence-electron chi connectivity index (χ4n) is 3.46. The summed E-state index contributed by atoms with van der Waals surface area (Å²) in [6.07, 6.45) is 0. The predicted molar refractivity (Wildman–Crippen MR) is 98.6 cm³/mol. The van der Waals surface area contributed by atoms with Crippen LogP contribution in [0.5, 0.6) is 0 Å². The number of benzene rings is 3. The Morgan fingerprint density at radius 2 is 1.17 bits per heavy atom. The molecule has 5 rings (SSSR count). The number of rotatable bonds is 1. The normalized spacial score (nSPS) is 11.5. The highest BCUT2D eigenvalue weighted by atomic mass is 15.2. The Bertz CT molecular complexity index is 1160. The van der Waals surface area contributed by atoms with Crippen LogP contribution >= 0.6 is 0 Å². The number of hydrogen-bond donors (Lipinski definition) is 0. The molecular formula is C21H15N3. The summed E-state index contributed by atoms with van der Waals surface area (Å²) in [4.78, 5) is 9.63. The summed E-state index contributed by atoms with van der Waals surface area (Å²) in [7, 11) is 0. The van der Waals surface area contributed by atoms with Crippen LogP contribution in [0.3, 0.4) is 0 Å². The number of aryl methyl sites for hydroxylation is 1. The summed E-state index contributed by atoms with van der Waals surface area (Å²) in [6, 6.07) is 25.0. The summed E-state index contributed by atoms with van der Waals surface area (Å²) in [5, 5.41) is 3.55. The van der Waals surface area contributed by atoms with Crippen LogP contribution in [0.1, 0.15) is 5.69 Å². The summed E-state index contributed by atoms with van der Waals surface area (Å²) >= 11 is 0. The van der Waals surface area contributed by atoms with Crippen LogP contribution in [0.15, 0.2) is 72.8 Å². The molecule has 0 spiro atoms. The molecule has 0 saturated heterocycles. The van der Waals surface area contributed by atoms with Crippen LogP contribution in [0.4, 0.5) is 0 Å². The second kappa shape index (κ2) is 4.90. The van der Waals surface area contributed by atoms with Gasteiger partial charge in [0.05, 0.1) is 22.2 Å². The standard InChI is InChI=1S/C21H15N3/c1-14-15-8-2-5-11-18(15)23-21(22-14)24-19-12-6-3-9-16(19)17-10-4-7-13-20(17)24/h2-13H,1H3. The molecule has 0 unspecified atom stereocenters. The second-order valence-corrected chi connectivity index (χ2v) is 6.00. The van der Waals surface area contributed by atoms with Crippen molar-refractivity contribution in [2.45, 2.75) is 6.92 Å². The molecule has 0 saturated carbocycles. The molecular weight excluding hydrogens is 294 g/mol. The van der Waals surface area contributed by atoms with Gasteiger partial charge >= 0.3 is 0 Å². The van der Waals surface area contributed by atoms with Crippen molar-refractivity contribution in [3.63, 3.8) is 0 Å². The topological polar surface area (TPSA) is 30.7 Å². The van der Waals surface area contributed by atoms with Crippen LogP contribution < -0.4 is 0 Å². The number of aromatic nitrogens is 3. The Labute approximate surface area is 139 Å². The minimum Gasteiger partial charge on any atom is -0.278 e. The molecule has 0 fully saturated rings. The van der Waals surface area contributed by atoms with Gasteiger partial charge in [0, 0.05) is 16.2 Å². The molecule has 3 heteroatoms. The van der Waals surface area contributed by atoms with Crippen molar-refractivity contribution in [3.8, 4) is 5.95 Å². The first-order chi connectivity index (χ1) is 11.8. The van der Waals surface area contributed by atoms with E-state index in [1.165, 1.54) is 10.8 Å². The van der Waals surface area contributed by atoms with Crippen molar-refractivity contribution < 1.29 is 0 Å². The molecule has 3 aromatic carbocycles. The van der Waals surface area contributed by atoms with Crippen molar-refractivity contribution in [2.75, 3.05) is 0 Å². The first kappa shape index (κ1) is 13.3. The molecule has 24 heavy (non-hydrogen) atoms. The Hall–Kier alpha value is -3.20. The summed E-state index contributed by atoms with van der Waals surface area (Å²) in [6.45, 7) is 2.04. The van der Waals surface area contributed by atoms with Gasteiger partial charge < -0.3 is 0 Å². The maximum atomic E-state index is 4.83.